The average Bonchev–Trinajstić information content (AvgIpc) is 2.04. The van der Waals surface area contributed by atoms with Crippen LogP contribution in [0.3, 0.4) is 0 Å². The molecule has 72 valence electrons. The lowest BCUT2D eigenvalue weighted by molar-refractivity contribution is 0.148. The first kappa shape index (κ1) is 11.8. The van der Waals surface area contributed by atoms with Crippen LogP contribution < -0.4 is 0 Å². The molecule has 1 heterocycles. The summed E-state index contributed by atoms with van der Waals surface area (Å²) in [7, 11) is 0. The minimum atomic E-state index is -2.49. The number of alkyl halides is 3. The third-order valence-corrected chi connectivity index (χ3v) is 3.86. The van der Waals surface area contributed by atoms with Gasteiger partial charge >= 0.3 is 0 Å². The van der Waals surface area contributed by atoms with Crippen LogP contribution in [-0.2, 0) is 5.88 Å². The number of halogens is 5. The molecule has 1 nitrogen and oxygen atoms in total. The van der Waals surface area contributed by atoms with Crippen molar-refractivity contribution in [2.45, 2.75) is 12.3 Å². The first-order chi connectivity index (χ1) is 6.07. The Balaban J connectivity index is 3.30. The van der Waals surface area contributed by atoms with Crippen molar-refractivity contribution in [2.75, 3.05) is 0 Å². The van der Waals surface area contributed by atoms with Crippen LogP contribution in [0.4, 0.5) is 8.78 Å². The first-order valence-corrected chi connectivity index (χ1v) is 5.94. The lowest BCUT2D eigenvalue weighted by Gasteiger charge is -2.08. The molecule has 0 aliphatic carbocycles. The van der Waals surface area contributed by atoms with Crippen LogP contribution in [0.15, 0.2) is 6.20 Å². The molecule has 1 rings (SSSR count). The summed E-state index contributed by atoms with van der Waals surface area (Å²) in [5.41, 5.74) is 0.636. The molecule has 6 heteroatoms. The molecule has 0 spiro atoms. The minimum Gasteiger partial charge on any atom is -0.249 e. The number of nitrogens with zero attached hydrogens (tertiary/aromatic N) is 1. The van der Waals surface area contributed by atoms with Gasteiger partial charge in [0.15, 0.2) is 0 Å². The number of pyridine rings is 1. The molecule has 0 unspecified atom stereocenters. The Morgan fingerprint density at radius 1 is 1.46 bits per heavy atom. The van der Waals surface area contributed by atoms with E-state index in [1.807, 2.05) is 22.6 Å². The minimum absolute atomic E-state index is 0.0145. The number of hydrogen-bond donors (Lipinski definition) is 0. The molecule has 0 aliphatic heterocycles. The van der Waals surface area contributed by atoms with Gasteiger partial charge in [-0.2, -0.15) is 0 Å². The fraction of sp³-hybridized carbons (Fsp3) is 0.286. The number of hydrogen-bond acceptors (Lipinski definition) is 1. The summed E-state index contributed by atoms with van der Waals surface area (Å²) >= 11 is 9.24. The van der Waals surface area contributed by atoms with Crippen molar-refractivity contribution < 1.29 is 8.78 Å². The molecule has 0 saturated carbocycles. The third-order valence-electron chi connectivity index (χ3n) is 1.44. The zero-order valence-electron chi connectivity index (χ0n) is 6.20. The van der Waals surface area contributed by atoms with Gasteiger partial charge in [-0.15, -0.1) is 11.6 Å². The summed E-state index contributed by atoms with van der Waals surface area (Å²) in [4.78, 5) is 3.85. The smallest absolute Gasteiger partial charge is 0.249 e. The van der Waals surface area contributed by atoms with Gasteiger partial charge in [-0.3, -0.25) is 0 Å². The van der Waals surface area contributed by atoms with E-state index in [1.54, 1.807) is 22.6 Å². The predicted octanol–water partition coefficient (Wildman–Crippen LogP) is 3.97. The van der Waals surface area contributed by atoms with E-state index in [0.29, 0.717) is 12.8 Å². The van der Waals surface area contributed by atoms with E-state index in [1.165, 1.54) is 6.20 Å². The van der Waals surface area contributed by atoms with Gasteiger partial charge < -0.3 is 0 Å². The van der Waals surface area contributed by atoms with Crippen molar-refractivity contribution in [1.82, 2.24) is 4.98 Å². The van der Waals surface area contributed by atoms with Gasteiger partial charge in [-0.1, -0.05) is 0 Å². The maximum Gasteiger partial charge on any atom is 0.267 e. The van der Waals surface area contributed by atoms with Gasteiger partial charge in [0, 0.05) is 15.6 Å². The van der Waals surface area contributed by atoms with Gasteiger partial charge in [0.2, 0.25) is 0 Å². The largest absolute Gasteiger partial charge is 0.267 e. The maximum absolute atomic E-state index is 12.5. The fourth-order valence-corrected chi connectivity index (χ4v) is 3.21. The molecule has 0 aromatic carbocycles. The average molecular weight is 429 g/mol. The van der Waals surface area contributed by atoms with E-state index in [9.17, 15) is 8.78 Å². The van der Waals surface area contributed by atoms with Crippen molar-refractivity contribution in [2.24, 2.45) is 0 Å². The highest BCUT2D eigenvalue weighted by atomic mass is 127. The normalized spacial score (nSPS) is 10.9. The van der Waals surface area contributed by atoms with E-state index in [2.05, 4.69) is 4.98 Å². The maximum atomic E-state index is 12.5. The number of rotatable bonds is 2. The Morgan fingerprint density at radius 2 is 2.08 bits per heavy atom. The zero-order chi connectivity index (χ0) is 10.0. The van der Waals surface area contributed by atoms with Crippen molar-refractivity contribution >= 4 is 56.8 Å². The molecular weight excluding hydrogens is 425 g/mol. The molecule has 1 aromatic heterocycles. The summed E-state index contributed by atoms with van der Waals surface area (Å²) in [6.07, 6.45) is -0.961. The molecule has 13 heavy (non-hydrogen) atoms. The second-order valence-corrected chi connectivity index (χ2v) is 4.60. The molecule has 0 bridgehead atoms. The van der Waals surface area contributed by atoms with Gasteiger partial charge in [-0.25, -0.2) is 13.8 Å². The Labute approximate surface area is 107 Å². The molecule has 0 aliphatic rings. The summed E-state index contributed by atoms with van der Waals surface area (Å²) in [6.45, 7) is 0. The van der Waals surface area contributed by atoms with Crippen LogP contribution in [-0.4, -0.2) is 4.98 Å². The van der Waals surface area contributed by atoms with Crippen molar-refractivity contribution in [3.05, 3.63) is 24.6 Å². The zero-order valence-corrected chi connectivity index (χ0v) is 11.3. The lowest BCUT2D eigenvalue weighted by Crippen LogP contribution is -2.00. The van der Waals surface area contributed by atoms with Crippen LogP contribution in [0.2, 0.25) is 0 Å². The first-order valence-electron chi connectivity index (χ1n) is 3.24. The van der Waals surface area contributed by atoms with Crippen LogP contribution in [0.1, 0.15) is 17.6 Å². The molecule has 0 saturated heterocycles. The van der Waals surface area contributed by atoms with Crippen molar-refractivity contribution in [3.63, 3.8) is 0 Å². The van der Waals surface area contributed by atoms with Crippen molar-refractivity contribution in [3.8, 4) is 0 Å². The van der Waals surface area contributed by atoms with E-state index in [4.69, 9.17) is 11.6 Å². The third kappa shape index (κ3) is 2.62. The molecule has 0 fully saturated rings. The molecule has 1 aromatic rings. The molecule has 0 radical (unpaired) electrons. The van der Waals surface area contributed by atoms with E-state index in [0.717, 1.165) is 0 Å². The van der Waals surface area contributed by atoms with E-state index < -0.39 is 6.43 Å². The standard InChI is InChI=1S/C7H4ClF2I2N/c8-1-3-2-13-7(12)4(5(3)11)6(9)10/h2,6H,1H2. The highest BCUT2D eigenvalue weighted by molar-refractivity contribution is 14.1. The highest BCUT2D eigenvalue weighted by Crippen LogP contribution is 2.30. The monoisotopic (exact) mass is 429 g/mol. The van der Waals surface area contributed by atoms with Crippen LogP contribution in [0.25, 0.3) is 0 Å². The molecular formula is C7H4ClF2I2N. The summed E-state index contributed by atoms with van der Waals surface area (Å²) in [6, 6.07) is 0. The van der Waals surface area contributed by atoms with Crippen molar-refractivity contribution in [1.29, 1.82) is 0 Å². The Morgan fingerprint density at radius 3 is 2.54 bits per heavy atom. The topological polar surface area (TPSA) is 12.9 Å². The Kier molecular flexibility index (Phi) is 4.56. The quantitative estimate of drug-likeness (QED) is 0.394. The SMILES string of the molecule is FC(F)c1c(I)ncc(CCl)c1I. The van der Waals surface area contributed by atoms with Gasteiger partial charge in [0.1, 0.15) is 3.70 Å². The van der Waals surface area contributed by atoms with Crippen LogP contribution >= 0.6 is 56.8 Å². The number of aromatic nitrogens is 1. The fourth-order valence-electron chi connectivity index (χ4n) is 0.803. The predicted molar refractivity (Wildman–Crippen MR) is 64.2 cm³/mol. The second-order valence-electron chi connectivity index (χ2n) is 2.24. The molecule has 0 amide bonds. The summed E-state index contributed by atoms with van der Waals surface area (Å²) in [5.74, 6) is 0.210. The van der Waals surface area contributed by atoms with Gasteiger partial charge in [0.25, 0.3) is 6.43 Å². The Hall–Kier alpha value is 0.760. The Bertz CT molecular complexity index is 320. The molecule has 0 atom stereocenters. The van der Waals surface area contributed by atoms with Crippen LogP contribution in [0.5, 0.6) is 0 Å². The highest BCUT2D eigenvalue weighted by Gasteiger charge is 2.18. The van der Waals surface area contributed by atoms with E-state index >= 15 is 0 Å². The molecule has 0 N–H and O–H groups in total. The van der Waals surface area contributed by atoms with Gasteiger partial charge in [-0.05, 0) is 50.7 Å². The summed E-state index contributed by atoms with van der Waals surface area (Å²) < 4.78 is 25.9. The van der Waals surface area contributed by atoms with E-state index in [-0.39, 0.29) is 11.4 Å². The van der Waals surface area contributed by atoms with Gasteiger partial charge in [0.05, 0.1) is 5.56 Å². The van der Waals surface area contributed by atoms with Crippen LogP contribution in [0, 0.1) is 7.27 Å². The lowest BCUT2D eigenvalue weighted by atomic mass is 10.2. The second kappa shape index (κ2) is 5.01. The summed E-state index contributed by atoms with van der Waals surface area (Å²) in [5, 5.41) is 0.